The Hall–Kier alpha value is -2.71. The third-order valence-electron chi connectivity index (χ3n) is 3.50. The highest BCUT2D eigenvalue weighted by atomic mass is 32.2. The number of nitrogens with one attached hydrogen (secondary N) is 1. The fraction of sp³-hybridized carbons (Fsp3) is 0.0588. The van der Waals surface area contributed by atoms with Crippen LogP contribution < -0.4 is 4.72 Å². The van der Waals surface area contributed by atoms with Crippen molar-refractivity contribution in [2.75, 3.05) is 0 Å². The second-order valence-electron chi connectivity index (χ2n) is 5.15. The van der Waals surface area contributed by atoms with Crippen LogP contribution in [0, 0.1) is 11.6 Å². The average molecular weight is 361 g/mol. The Morgan fingerprint density at radius 1 is 0.960 bits per heavy atom. The molecule has 0 aliphatic heterocycles. The third-order valence-corrected chi connectivity index (χ3v) is 4.90. The van der Waals surface area contributed by atoms with Crippen molar-refractivity contribution in [2.45, 2.75) is 11.4 Å². The Labute approximate surface area is 143 Å². The van der Waals surface area contributed by atoms with Crippen molar-refractivity contribution >= 4 is 10.0 Å². The molecule has 2 heterocycles. The molecular formula is C17H13F2N3O2S. The van der Waals surface area contributed by atoms with Crippen LogP contribution in [0.15, 0.2) is 66.0 Å². The van der Waals surface area contributed by atoms with E-state index in [1.807, 2.05) is 0 Å². The monoisotopic (exact) mass is 361 g/mol. The minimum absolute atomic E-state index is 0.0488. The topological polar surface area (TPSA) is 72.0 Å². The van der Waals surface area contributed by atoms with Crippen LogP contribution in [0.2, 0.25) is 0 Å². The molecule has 0 saturated heterocycles. The summed E-state index contributed by atoms with van der Waals surface area (Å²) in [6, 6.07) is 9.36. The summed E-state index contributed by atoms with van der Waals surface area (Å²) in [6.07, 6.45) is 4.82. The summed E-state index contributed by atoms with van der Waals surface area (Å²) in [5, 5.41) is 0. The number of aromatic nitrogens is 2. The van der Waals surface area contributed by atoms with E-state index in [2.05, 4.69) is 14.7 Å². The second kappa shape index (κ2) is 7.04. The van der Waals surface area contributed by atoms with Crippen molar-refractivity contribution in [2.24, 2.45) is 0 Å². The summed E-state index contributed by atoms with van der Waals surface area (Å²) in [5.41, 5.74) is 2.04. The zero-order valence-electron chi connectivity index (χ0n) is 12.9. The molecule has 3 rings (SSSR count). The Morgan fingerprint density at radius 3 is 2.44 bits per heavy atom. The molecule has 25 heavy (non-hydrogen) atoms. The van der Waals surface area contributed by atoms with E-state index in [-0.39, 0.29) is 11.4 Å². The lowest BCUT2D eigenvalue weighted by molar-refractivity contribution is 0.504. The van der Waals surface area contributed by atoms with Gasteiger partial charge in [-0.25, -0.2) is 21.9 Å². The number of benzene rings is 1. The molecule has 2 aromatic heterocycles. The van der Waals surface area contributed by atoms with Crippen molar-refractivity contribution < 1.29 is 17.2 Å². The molecule has 0 aliphatic carbocycles. The quantitative estimate of drug-likeness (QED) is 0.758. The van der Waals surface area contributed by atoms with E-state index in [9.17, 15) is 17.2 Å². The maximum atomic E-state index is 13.3. The van der Waals surface area contributed by atoms with E-state index >= 15 is 0 Å². The van der Waals surface area contributed by atoms with Crippen molar-refractivity contribution in [1.82, 2.24) is 14.7 Å². The van der Waals surface area contributed by atoms with Crippen LogP contribution in [-0.2, 0) is 16.6 Å². The van der Waals surface area contributed by atoms with Crippen LogP contribution in [0.25, 0.3) is 11.3 Å². The van der Waals surface area contributed by atoms with Crippen LogP contribution in [0.4, 0.5) is 8.78 Å². The Balaban J connectivity index is 1.85. The summed E-state index contributed by atoms with van der Waals surface area (Å²) in [4.78, 5) is 7.86. The van der Waals surface area contributed by atoms with E-state index in [0.29, 0.717) is 17.3 Å². The van der Waals surface area contributed by atoms with E-state index in [4.69, 9.17) is 0 Å². The highest BCUT2D eigenvalue weighted by Crippen LogP contribution is 2.21. The predicted molar refractivity (Wildman–Crippen MR) is 87.9 cm³/mol. The minimum atomic E-state index is -3.99. The molecular weight excluding hydrogens is 348 g/mol. The van der Waals surface area contributed by atoms with Gasteiger partial charge in [-0.05, 0) is 42.0 Å². The van der Waals surface area contributed by atoms with Gasteiger partial charge in [0.25, 0.3) is 0 Å². The summed E-state index contributed by atoms with van der Waals surface area (Å²) in [5.74, 6) is -2.33. The van der Waals surface area contributed by atoms with Crippen molar-refractivity contribution in [1.29, 1.82) is 0 Å². The smallest absolute Gasteiger partial charge is 0.240 e. The van der Waals surface area contributed by atoms with Crippen LogP contribution in [0.1, 0.15) is 5.56 Å². The molecule has 0 saturated carbocycles. The number of rotatable bonds is 5. The molecule has 128 valence electrons. The highest BCUT2D eigenvalue weighted by molar-refractivity contribution is 7.89. The van der Waals surface area contributed by atoms with Gasteiger partial charge in [0, 0.05) is 30.7 Å². The molecule has 0 amide bonds. The van der Waals surface area contributed by atoms with Crippen LogP contribution >= 0.6 is 0 Å². The van der Waals surface area contributed by atoms with Crippen LogP contribution in [-0.4, -0.2) is 18.4 Å². The maximum absolute atomic E-state index is 13.3. The first-order valence-corrected chi connectivity index (χ1v) is 8.75. The SMILES string of the molecule is O=S(=O)(NCc1cccnc1-c1ccncc1)c1ccc(F)c(F)c1. The Kier molecular flexibility index (Phi) is 4.82. The van der Waals surface area contributed by atoms with Crippen molar-refractivity contribution in [3.8, 4) is 11.3 Å². The van der Waals surface area contributed by atoms with Gasteiger partial charge in [0.15, 0.2) is 11.6 Å². The molecule has 8 heteroatoms. The first kappa shape index (κ1) is 17.1. The number of pyridine rings is 2. The molecule has 0 spiro atoms. The molecule has 0 bridgehead atoms. The predicted octanol–water partition coefficient (Wildman–Crippen LogP) is 2.90. The van der Waals surface area contributed by atoms with E-state index in [1.54, 1.807) is 42.9 Å². The zero-order chi connectivity index (χ0) is 17.9. The average Bonchev–Trinajstić information content (AvgIpc) is 2.63. The van der Waals surface area contributed by atoms with Gasteiger partial charge >= 0.3 is 0 Å². The summed E-state index contributed by atoms with van der Waals surface area (Å²) < 4.78 is 53.2. The van der Waals surface area contributed by atoms with E-state index in [0.717, 1.165) is 17.7 Å². The van der Waals surface area contributed by atoms with Gasteiger partial charge in [-0.1, -0.05) is 6.07 Å². The van der Waals surface area contributed by atoms with Gasteiger partial charge < -0.3 is 0 Å². The molecule has 0 unspecified atom stereocenters. The lowest BCUT2D eigenvalue weighted by Gasteiger charge is -2.10. The molecule has 1 aromatic carbocycles. The number of sulfonamides is 1. The van der Waals surface area contributed by atoms with Gasteiger partial charge in [0.05, 0.1) is 10.6 Å². The third kappa shape index (κ3) is 3.86. The number of nitrogens with zero attached hydrogens (tertiary/aromatic N) is 2. The summed E-state index contributed by atoms with van der Waals surface area (Å²) >= 11 is 0. The van der Waals surface area contributed by atoms with Gasteiger partial charge in [0.1, 0.15) is 0 Å². The standard InChI is InChI=1S/C17H13F2N3O2S/c18-15-4-3-14(10-16(15)19)25(23,24)22-11-13-2-1-7-21-17(13)12-5-8-20-9-6-12/h1-10,22H,11H2. The fourth-order valence-electron chi connectivity index (χ4n) is 2.25. The molecule has 3 aromatic rings. The molecule has 5 nitrogen and oxygen atoms in total. The molecule has 0 radical (unpaired) electrons. The first-order valence-electron chi connectivity index (χ1n) is 7.26. The Morgan fingerprint density at radius 2 is 1.72 bits per heavy atom. The lowest BCUT2D eigenvalue weighted by Crippen LogP contribution is -2.24. The molecule has 1 N–H and O–H groups in total. The van der Waals surface area contributed by atoms with E-state index < -0.39 is 21.7 Å². The number of hydrogen-bond donors (Lipinski definition) is 1. The Bertz CT molecular complexity index is 996. The minimum Gasteiger partial charge on any atom is -0.265 e. The normalized spacial score (nSPS) is 11.4. The van der Waals surface area contributed by atoms with Gasteiger partial charge in [0.2, 0.25) is 10.0 Å². The first-order chi connectivity index (χ1) is 12.0. The van der Waals surface area contributed by atoms with Gasteiger partial charge in [-0.15, -0.1) is 0 Å². The summed E-state index contributed by atoms with van der Waals surface area (Å²) in [7, 11) is -3.99. The largest absolute Gasteiger partial charge is 0.265 e. The van der Waals surface area contributed by atoms with E-state index in [1.165, 1.54) is 0 Å². The zero-order valence-corrected chi connectivity index (χ0v) is 13.7. The van der Waals surface area contributed by atoms with Gasteiger partial charge in [-0.3, -0.25) is 9.97 Å². The number of halogens is 2. The lowest BCUT2D eigenvalue weighted by atomic mass is 10.1. The van der Waals surface area contributed by atoms with Crippen LogP contribution in [0.5, 0.6) is 0 Å². The number of hydrogen-bond acceptors (Lipinski definition) is 4. The van der Waals surface area contributed by atoms with Crippen LogP contribution in [0.3, 0.4) is 0 Å². The maximum Gasteiger partial charge on any atom is 0.240 e. The van der Waals surface area contributed by atoms with Crippen molar-refractivity contribution in [3.05, 3.63) is 78.3 Å². The highest BCUT2D eigenvalue weighted by Gasteiger charge is 2.17. The second-order valence-corrected chi connectivity index (χ2v) is 6.91. The van der Waals surface area contributed by atoms with Gasteiger partial charge in [-0.2, -0.15) is 0 Å². The fourth-order valence-corrected chi connectivity index (χ4v) is 3.27. The molecule has 0 atom stereocenters. The van der Waals surface area contributed by atoms with Crippen molar-refractivity contribution in [3.63, 3.8) is 0 Å². The summed E-state index contributed by atoms with van der Waals surface area (Å²) in [6.45, 7) is -0.0488. The molecule has 0 aliphatic rings. The molecule has 0 fully saturated rings.